The van der Waals surface area contributed by atoms with Crippen molar-refractivity contribution in [3.8, 4) is 0 Å². The molecule has 16 heavy (non-hydrogen) atoms. The van der Waals surface area contributed by atoms with Crippen LogP contribution < -0.4 is 10.2 Å². The van der Waals surface area contributed by atoms with Crippen LogP contribution in [0.25, 0.3) is 0 Å². The highest BCUT2D eigenvalue weighted by molar-refractivity contribution is 7.13. The Balaban J connectivity index is 1.85. The lowest BCUT2D eigenvalue weighted by Crippen LogP contribution is -2.35. The number of rotatable bonds is 2. The monoisotopic (exact) mass is 237 g/mol. The summed E-state index contributed by atoms with van der Waals surface area (Å²) in [5.74, 6) is 1.68. The highest BCUT2D eigenvalue weighted by Crippen LogP contribution is 2.38. The third kappa shape index (κ3) is 1.55. The first-order chi connectivity index (χ1) is 7.79. The van der Waals surface area contributed by atoms with E-state index in [2.05, 4.69) is 34.4 Å². The number of hydrogen-bond acceptors (Lipinski definition) is 4. The summed E-state index contributed by atoms with van der Waals surface area (Å²) in [6.45, 7) is 7.98. The van der Waals surface area contributed by atoms with Gasteiger partial charge >= 0.3 is 0 Å². The Kier molecular flexibility index (Phi) is 2.64. The van der Waals surface area contributed by atoms with Crippen LogP contribution in [0, 0.1) is 18.8 Å². The minimum Gasteiger partial charge on any atom is -0.344 e. The molecule has 88 valence electrons. The second-order valence-electron chi connectivity index (χ2n) is 4.98. The van der Waals surface area contributed by atoms with Gasteiger partial charge in [0.2, 0.25) is 0 Å². The molecule has 0 saturated carbocycles. The first-order valence-electron chi connectivity index (χ1n) is 6.19. The lowest BCUT2D eigenvalue weighted by atomic mass is 9.93. The van der Waals surface area contributed by atoms with Crippen LogP contribution in [0.3, 0.4) is 0 Å². The number of fused-ring (bicyclic) bond motifs is 1. The summed E-state index contributed by atoms with van der Waals surface area (Å²) < 4.78 is 0. The molecular formula is C12H19N3S. The molecule has 1 aromatic heterocycles. The SMILES string of the molecule is CCC1C2CNCC2CN1c1nc(C)cs1. The van der Waals surface area contributed by atoms with Gasteiger partial charge in [0.15, 0.2) is 5.13 Å². The van der Waals surface area contributed by atoms with Crippen molar-refractivity contribution in [3.05, 3.63) is 11.1 Å². The summed E-state index contributed by atoms with van der Waals surface area (Å²) in [5.41, 5.74) is 1.16. The third-order valence-corrected chi connectivity index (χ3v) is 4.98. The second-order valence-corrected chi connectivity index (χ2v) is 5.82. The smallest absolute Gasteiger partial charge is 0.185 e. The summed E-state index contributed by atoms with van der Waals surface area (Å²) in [6.07, 6.45) is 1.24. The standard InChI is InChI=1S/C12H19N3S/c1-3-11-10-5-13-4-9(10)6-15(11)12-14-8(2)7-16-12/h7,9-11,13H,3-6H2,1-2H3. The minimum absolute atomic E-state index is 0.700. The van der Waals surface area contributed by atoms with Gasteiger partial charge in [0.05, 0.1) is 5.69 Å². The number of aromatic nitrogens is 1. The van der Waals surface area contributed by atoms with E-state index in [4.69, 9.17) is 0 Å². The summed E-state index contributed by atoms with van der Waals surface area (Å²) in [5, 5.41) is 6.92. The van der Waals surface area contributed by atoms with Crippen molar-refractivity contribution in [3.63, 3.8) is 0 Å². The second kappa shape index (κ2) is 4.00. The third-order valence-electron chi connectivity index (χ3n) is 3.99. The molecule has 1 aromatic rings. The van der Waals surface area contributed by atoms with Crippen LogP contribution in [0.4, 0.5) is 5.13 Å². The average molecular weight is 237 g/mol. The van der Waals surface area contributed by atoms with Crippen LogP contribution in [0.2, 0.25) is 0 Å². The zero-order chi connectivity index (χ0) is 11.1. The van der Waals surface area contributed by atoms with Gasteiger partial charge in [-0.2, -0.15) is 0 Å². The predicted octanol–water partition coefficient (Wildman–Crippen LogP) is 1.89. The molecule has 0 radical (unpaired) electrons. The molecule has 2 aliphatic rings. The van der Waals surface area contributed by atoms with Gasteiger partial charge in [-0.05, 0) is 25.2 Å². The van der Waals surface area contributed by atoms with Gasteiger partial charge in [-0.1, -0.05) is 6.92 Å². The maximum atomic E-state index is 4.64. The van der Waals surface area contributed by atoms with E-state index < -0.39 is 0 Å². The van der Waals surface area contributed by atoms with E-state index >= 15 is 0 Å². The molecular weight excluding hydrogens is 218 g/mol. The molecule has 0 bridgehead atoms. The maximum Gasteiger partial charge on any atom is 0.185 e. The quantitative estimate of drug-likeness (QED) is 0.851. The van der Waals surface area contributed by atoms with E-state index in [1.54, 1.807) is 11.3 Å². The number of nitrogens with one attached hydrogen (secondary N) is 1. The highest BCUT2D eigenvalue weighted by Gasteiger charge is 2.43. The van der Waals surface area contributed by atoms with Crippen molar-refractivity contribution < 1.29 is 0 Å². The van der Waals surface area contributed by atoms with E-state index in [-0.39, 0.29) is 0 Å². The number of thiazole rings is 1. The lowest BCUT2D eigenvalue weighted by molar-refractivity contribution is 0.442. The van der Waals surface area contributed by atoms with E-state index in [1.165, 1.54) is 31.2 Å². The Hall–Kier alpha value is -0.610. The average Bonchev–Trinajstić information content (AvgIpc) is 2.90. The maximum absolute atomic E-state index is 4.64. The zero-order valence-electron chi connectivity index (χ0n) is 9.94. The Labute approximate surface area is 101 Å². The topological polar surface area (TPSA) is 28.2 Å². The molecule has 3 unspecified atom stereocenters. The Morgan fingerprint density at radius 2 is 2.44 bits per heavy atom. The van der Waals surface area contributed by atoms with Gasteiger partial charge in [-0.25, -0.2) is 4.98 Å². The first-order valence-corrected chi connectivity index (χ1v) is 7.07. The van der Waals surface area contributed by atoms with Crippen molar-refractivity contribution in [1.82, 2.24) is 10.3 Å². The fraction of sp³-hybridized carbons (Fsp3) is 0.750. The molecule has 0 aromatic carbocycles. The largest absolute Gasteiger partial charge is 0.344 e. The number of nitrogens with zero attached hydrogens (tertiary/aromatic N) is 2. The fourth-order valence-corrected chi connectivity index (χ4v) is 4.11. The van der Waals surface area contributed by atoms with Gasteiger partial charge in [0.25, 0.3) is 0 Å². The number of hydrogen-bond donors (Lipinski definition) is 1. The van der Waals surface area contributed by atoms with Crippen LogP contribution in [-0.2, 0) is 0 Å². The Bertz CT molecular complexity index is 376. The van der Waals surface area contributed by atoms with Crippen molar-refractivity contribution in [2.45, 2.75) is 26.3 Å². The minimum atomic E-state index is 0.700. The number of aryl methyl sites for hydroxylation is 1. The molecule has 2 aliphatic heterocycles. The van der Waals surface area contributed by atoms with Crippen molar-refractivity contribution in [2.75, 3.05) is 24.5 Å². The molecule has 4 heteroatoms. The van der Waals surface area contributed by atoms with Crippen LogP contribution in [0.5, 0.6) is 0 Å². The molecule has 0 amide bonds. The summed E-state index contributed by atoms with van der Waals surface area (Å²) in [6, 6.07) is 0.700. The molecule has 3 atom stereocenters. The van der Waals surface area contributed by atoms with Gasteiger partial charge in [0.1, 0.15) is 0 Å². The molecule has 0 spiro atoms. The van der Waals surface area contributed by atoms with Crippen molar-refractivity contribution in [2.24, 2.45) is 11.8 Å². The Morgan fingerprint density at radius 3 is 3.12 bits per heavy atom. The van der Waals surface area contributed by atoms with Crippen LogP contribution in [0.15, 0.2) is 5.38 Å². The Morgan fingerprint density at radius 1 is 1.56 bits per heavy atom. The highest BCUT2D eigenvalue weighted by atomic mass is 32.1. The summed E-state index contributed by atoms with van der Waals surface area (Å²) >= 11 is 1.80. The van der Waals surface area contributed by atoms with Crippen LogP contribution >= 0.6 is 11.3 Å². The molecule has 2 saturated heterocycles. The summed E-state index contributed by atoms with van der Waals surface area (Å²) in [7, 11) is 0. The molecule has 1 N–H and O–H groups in total. The molecule has 3 heterocycles. The van der Waals surface area contributed by atoms with E-state index in [1.807, 2.05) is 0 Å². The normalized spacial score (nSPS) is 33.4. The molecule has 3 rings (SSSR count). The zero-order valence-corrected chi connectivity index (χ0v) is 10.8. The lowest BCUT2D eigenvalue weighted by Gasteiger charge is -2.26. The number of anilines is 1. The fourth-order valence-electron chi connectivity index (χ4n) is 3.24. The predicted molar refractivity (Wildman–Crippen MR) is 68.1 cm³/mol. The van der Waals surface area contributed by atoms with E-state index in [9.17, 15) is 0 Å². The molecule has 3 nitrogen and oxygen atoms in total. The van der Waals surface area contributed by atoms with Crippen LogP contribution in [-0.4, -0.2) is 30.7 Å². The van der Waals surface area contributed by atoms with Gasteiger partial charge in [-0.3, -0.25) is 0 Å². The van der Waals surface area contributed by atoms with Gasteiger partial charge in [0, 0.05) is 31.1 Å². The van der Waals surface area contributed by atoms with Gasteiger partial charge in [-0.15, -0.1) is 11.3 Å². The van der Waals surface area contributed by atoms with Crippen LogP contribution in [0.1, 0.15) is 19.0 Å². The van der Waals surface area contributed by atoms with E-state index in [0.29, 0.717) is 6.04 Å². The van der Waals surface area contributed by atoms with E-state index in [0.717, 1.165) is 17.5 Å². The van der Waals surface area contributed by atoms with Crippen molar-refractivity contribution in [1.29, 1.82) is 0 Å². The van der Waals surface area contributed by atoms with Gasteiger partial charge < -0.3 is 10.2 Å². The summed E-state index contributed by atoms with van der Waals surface area (Å²) in [4.78, 5) is 7.19. The first kappa shape index (κ1) is 10.5. The molecule has 0 aliphatic carbocycles. The van der Waals surface area contributed by atoms with Crippen molar-refractivity contribution >= 4 is 16.5 Å². The molecule has 2 fully saturated rings.